The summed E-state index contributed by atoms with van der Waals surface area (Å²) >= 11 is 0. The van der Waals surface area contributed by atoms with Crippen LogP contribution < -0.4 is 15.5 Å². The predicted octanol–water partition coefficient (Wildman–Crippen LogP) is 3.43. The van der Waals surface area contributed by atoms with E-state index in [1.165, 1.54) is 24.3 Å². The molecule has 1 aliphatic rings. The van der Waals surface area contributed by atoms with Crippen molar-refractivity contribution >= 4 is 17.4 Å². The van der Waals surface area contributed by atoms with Gasteiger partial charge >= 0.3 is 6.03 Å². The van der Waals surface area contributed by atoms with Gasteiger partial charge in [-0.05, 0) is 38.1 Å². The van der Waals surface area contributed by atoms with Crippen LogP contribution in [0.4, 0.5) is 25.0 Å². The van der Waals surface area contributed by atoms with Gasteiger partial charge in [0.15, 0.2) is 0 Å². The van der Waals surface area contributed by atoms with Crippen LogP contribution >= 0.6 is 0 Å². The molecule has 3 rings (SSSR count). The molecule has 6 nitrogen and oxygen atoms in total. The number of nitrogens with one attached hydrogen (secondary N) is 2. The summed E-state index contributed by atoms with van der Waals surface area (Å²) in [4.78, 5) is 14.0. The normalized spacial score (nSPS) is 20.2. The lowest BCUT2D eigenvalue weighted by Crippen LogP contribution is -2.45. The molecule has 0 bridgehead atoms. The summed E-state index contributed by atoms with van der Waals surface area (Å²) in [6.07, 6.45) is -1.18. The first-order chi connectivity index (χ1) is 13.8. The number of ether oxygens (including phenoxy) is 1. The fourth-order valence-electron chi connectivity index (χ4n) is 3.44. The second-order valence-electron chi connectivity index (χ2n) is 7.20. The molecular weight excluding hydrogens is 380 g/mol. The summed E-state index contributed by atoms with van der Waals surface area (Å²) in [5.41, 5.74) is 0.823. The first-order valence-corrected chi connectivity index (χ1v) is 9.50. The Kier molecular flexibility index (Phi) is 6.66. The molecule has 2 amide bonds. The van der Waals surface area contributed by atoms with E-state index in [1.54, 1.807) is 18.2 Å². The Morgan fingerprint density at radius 3 is 2.52 bits per heavy atom. The quantitative estimate of drug-likeness (QED) is 0.713. The molecule has 156 valence electrons. The van der Waals surface area contributed by atoms with Crippen molar-refractivity contribution in [3.63, 3.8) is 0 Å². The van der Waals surface area contributed by atoms with Gasteiger partial charge in [-0.1, -0.05) is 18.2 Å². The van der Waals surface area contributed by atoms with Crippen LogP contribution in [0.3, 0.4) is 0 Å². The number of amides is 2. The number of hydrogen-bond acceptors (Lipinski definition) is 4. The Morgan fingerprint density at radius 2 is 1.86 bits per heavy atom. The number of benzene rings is 2. The minimum atomic E-state index is -1.19. The third kappa shape index (κ3) is 5.42. The zero-order valence-electron chi connectivity index (χ0n) is 16.4. The maximum atomic E-state index is 14.6. The van der Waals surface area contributed by atoms with Crippen molar-refractivity contribution in [2.24, 2.45) is 0 Å². The molecule has 1 fully saturated rings. The second kappa shape index (κ2) is 9.19. The molecule has 0 spiro atoms. The number of hydrogen-bond donors (Lipinski definition) is 3. The maximum Gasteiger partial charge on any atom is 0.319 e. The lowest BCUT2D eigenvalue weighted by atomic mass is 10.1. The molecule has 29 heavy (non-hydrogen) atoms. The summed E-state index contributed by atoms with van der Waals surface area (Å²) in [6, 6.07) is 9.64. The molecule has 1 aliphatic heterocycles. The molecule has 2 aromatic carbocycles. The van der Waals surface area contributed by atoms with Gasteiger partial charge in [-0.2, -0.15) is 0 Å². The summed E-state index contributed by atoms with van der Waals surface area (Å²) in [6.45, 7) is 4.87. The minimum Gasteiger partial charge on any atom is -0.386 e. The minimum absolute atomic E-state index is 0.00241. The highest BCUT2D eigenvalue weighted by Crippen LogP contribution is 2.26. The Morgan fingerprint density at radius 1 is 1.17 bits per heavy atom. The molecule has 2 aromatic rings. The molecule has 0 radical (unpaired) electrons. The van der Waals surface area contributed by atoms with Gasteiger partial charge in [0.05, 0.1) is 24.0 Å². The largest absolute Gasteiger partial charge is 0.386 e. The molecule has 1 heterocycles. The van der Waals surface area contributed by atoms with E-state index in [0.29, 0.717) is 18.8 Å². The van der Waals surface area contributed by atoms with Crippen LogP contribution in [0, 0.1) is 11.6 Å². The van der Waals surface area contributed by atoms with Gasteiger partial charge < -0.3 is 25.4 Å². The lowest BCUT2D eigenvalue weighted by molar-refractivity contribution is -0.00539. The number of aliphatic hydroxyl groups is 1. The van der Waals surface area contributed by atoms with E-state index >= 15 is 0 Å². The fraction of sp³-hybridized carbons (Fsp3) is 0.381. The van der Waals surface area contributed by atoms with E-state index in [-0.39, 0.29) is 30.0 Å². The van der Waals surface area contributed by atoms with Crippen molar-refractivity contribution in [2.75, 3.05) is 29.9 Å². The smallest absolute Gasteiger partial charge is 0.319 e. The Balaban J connectivity index is 1.57. The van der Waals surface area contributed by atoms with Crippen molar-refractivity contribution in [2.45, 2.75) is 32.2 Å². The fourth-order valence-corrected chi connectivity index (χ4v) is 3.44. The van der Waals surface area contributed by atoms with Gasteiger partial charge in [0.2, 0.25) is 0 Å². The highest BCUT2D eigenvalue weighted by atomic mass is 19.1. The highest BCUT2D eigenvalue weighted by molar-refractivity contribution is 5.89. The first kappa shape index (κ1) is 21.0. The van der Waals surface area contributed by atoms with Gasteiger partial charge in [0.1, 0.15) is 11.6 Å². The van der Waals surface area contributed by atoms with Gasteiger partial charge in [0, 0.05) is 30.9 Å². The van der Waals surface area contributed by atoms with Crippen LogP contribution in [0.25, 0.3) is 0 Å². The molecule has 8 heteroatoms. The Hall–Kier alpha value is -2.71. The third-order valence-electron chi connectivity index (χ3n) is 4.69. The molecule has 0 aliphatic carbocycles. The highest BCUT2D eigenvalue weighted by Gasteiger charge is 2.24. The van der Waals surface area contributed by atoms with Crippen LogP contribution in [-0.2, 0) is 4.74 Å². The lowest BCUT2D eigenvalue weighted by Gasteiger charge is -2.37. The van der Waals surface area contributed by atoms with Crippen molar-refractivity contribution in [1.82, 2.24) is 5.32 Å². The number of nitrogens with zero attached hydrogens (tertiary/aromatic N) is 1. The van der Waals surface area contributed by atoms with Crippen LogP contribution in [0.2, 0.25) is 0 Å². The van der Waals surface area contributed by atoms with E-state index < -0.39 is 23.8 Å². The summed E-state index contributed by atoms with van der Waals surface area (Å²) in [5, 5.41) is 15.0. The summed E-state index contributed by atoms with van der Waals surface area (Å²) < 4.78 is 33.9. The molecule has 1 saturated heterocycles. The SMILES string of the molecule is C[C@@H]1CN(c2ccc(NC(=O)NC[C@@H](O)c3ccccc3F)cc2F)C[C@H](C)O1. The zero-order chi connectivity index (χ0) is 21.0. The molecule has 0 saturated carbocycles. The van der Waals surface area contributed by atoms with Crippen LogP contribution in [0.1, 0.15) is 25.5 Å². The van der Waals surface area contributed by atoms with E-state index in [0.717, 1.165) is 0 Å². The topological polar surface area (TPSA) is 73.8 Å². The molecule has 3 N–H and O–H groups in total. The van der Waals surface area contributed by atoms with Crippen molar-refractivity contribution in [3.8, 4) is 0 Å². The second-order valence-corrected chi connectivity index (χ2v) is 7.20. The number of anilines is 2. The number of halogens is 2. The molecule has 0 unspecified atom stereocenters. The van der Waals surface area contributed by atoms with E-state index in [2.05, 4.69) is 10.6 Å². The maximum absolute atomic E-state index is 14.6. The Bertz CT molecular complexity index is 855. The monoisotopic (exact) mass is 405 g/mol. The van der Waals surface area contributed by atoms with Gasteiger partial charge in [-0.3, -0.25) is 0 Å². The third-order valence-corrected chi connectivity index (χ3v) is 4.69. The van der Waals surface area contributed by atoms with E-state index in [9.17, 15) is 18.7 Å². The molecule has 3 atom stereocenters. The van der Waals surface area contributed by atoms with Crippen LogP contribution in [0.15, 0.2) is 42.5 Å². The standard InChI is InChI=1S/C21H25F2N3O3/c1-13-11-26(12-14(2)29-13)19-8-7-15(9-18(19)23)25-21(28)24-10-20(27)16-5-3-4-6-17(16)22/h3-9,13-14,20,27H,10-12H2,1-2H3,(H2,24,25,28)/t13-,14+,20-/m1/s1. The first-order valence-electron chi connectivity index (χ1n) is 9.50. The number of urea groups is 1. The number of rotatable bonds is 5. The summed E-state index contributed by atoms with van der Waals surface area (Å²) in [5.74, 6) is -0.998. The molecular formula is C21H25F2N3O3. The number of carbonyl (C=O) groups is 1. The molecule has 0 aromatic heterocycles. The van der Waals surface area contributed by atoms with Crippen molar-refractivity contribution < 1.29 is 23.4 Å². The average molecular weight is 405 g/mol. The van der Waals surface area contributed by atoms with Gasteiger partial charge in [0.25, 0.3) is 0 Å². The number of morpholine rings is 1. The summed E-state index contributed by atoms with van der Waals surface area (Å²) in [7, 11) is 0. The average Bonchev–Trinajstić information content (AvgIpc) is 2.66. The van der Waals surface area contributed by atoms with Crippen LogP contribution in [-0.4, -0.2) is 43.0 Å². The number of carbonyl (C=O) groups excluding carboxylic acids is 1. The van der Waals surface area contributed by atoms with Gasteiger partial charge in [-0.25, -0.2) is 13.6 Å². The van der Waals surface area contributed by atoms with Gasteiger partial charge in [-0.15, -0.1) is 0 Å². The predicted molar refractivity (Wildman–Crippen MR) is 107 cm³/mol. The zero-order valence-corrected chi connectivity index (χ0v) is 16.4. The Labute approximate surface area is 168 Å². The number of aliphatic hydroxyl groups excluding tert-OH is 1. The van der Waals surface area contributed by atoms with Crippen LogP contribution in [0.5, 0.6) is 0 Å². The van der Waals surface area contributed by atoms with E-state index in [4.69, 9.17) is 4.74 Å². The van der Waals surface area contributed by atoms with Crippen molar-refractivity contribution in [3.05, 3.63) is 59.7 Å². The van der Waals surface area contributed by atoms with Crippen molar-refractivity contribution in [1.29, 1.82) is 0 Å². The van der Waals surface area contributed by atoms with E-state index in [1.807, 2.05) is 18.7 Å².